The van der Waals surface area contributed by atoms with Gasteiger partial charge >= 0.3 is 0 Å². The number of benzene rings is 1. The van der Waals surface area contributed by atoms with Crippen molar-refractivity contribution in [1.82, 2.24) is 19.9 Å². The molecule has 8 heteroatoms. The Morgan fingerprint density at radius 3 is 2.63 bits per heavy atom. The Balaban J connectivity index is 1.46. The third-order valence-corrected chi connectivity index (χ3v) is 7.07. The fourth-order valence-electron chi connectivity index (χ4n) is 5.03. The Kier molecular flexibility index (Phi) is 5.37. The van der Waals surface area contributed by atoms with Crippen LogP contribution in [0.1, 0.15) is 40.3 Å². The van der Waals surface area contributed by atoms with Crippen molar-refractivity contribution in [3.63, 3.8) is 0 Å². The molecule has 0 bridgehead atoms. The Morgan fingerprint density at radius 2 is 1.83 bits per heavy atom. The monoisotopic (exact) mass is 483 g/mol. The highest BCUT2D eigenvalue weighted by Gasteiger charge is 2.42. The summed E-state index contributed by atoms with van der Waals surface area (Å²) in [5.74, 6) is 1.48. The third kappa shape index (κ3) is 3.80. The summed E-state index contributed by atoms with van der Waals surface area (Å²) in [4.78, 5) is 11.0. The molecule has 35 heavy (non-hydrogen) atoms. The predicted octanol–water partition coefficient (Wildman–Crippen LogP) is 4.85. The second-order valence-electron chi connectivity index (χ2n) is 8.80. The van der Waals surface area contributed by atoms with E-state index in [1.54, 1.807) is 0 Å². The molecule has 0 amide bonds. The van der Waals surface area contributed by atoms with Gasteiger partial charge in [-0.25, -0.2) is 0 Å². The maximum absolute atomic E-state index is 5.89. The predicted molar refractivity (Wildman–Crippen MR) is 138 cm³/mol. The fourth-order valence-corrected chi connectivity index (χ4v) is 5.37. The van der Waals surface area contributed by atoms with E-state index >= 15 is 0 Å². The number of hydrogen-bond acceptors (Lipinski definition) is 5. The maximum atomic E-state index is 5.89. The SMILES string of the molecule is Cc1cc([C@H]2[C@@H](c3ccccn3)NC(=S)N2c2ccc3c(c2)OCO3)c(C)n1Cc1ccncc1. The van der Waals surface area contributed by atoms with Crippen molar-refractivity contribution in [3.05, 3.63) is 101 Å². The number of aryl methyl sites for hydroxylation is 1. The Morgan fingerprint density at radius 1 is 1.00 bits per heavy atom. The Bertz CT molecular complexity index is 1390. The van der Waals surface area contributed by atoms with Crippen LogP contribution in [0.3, 0.4) is 0 Å². The molecule has 2 atom stereocenters. The molecule has 0 radical (unpaired) electrons. The lowest BCUT2D eigenvalue weighted by Gasteiger charge is -2.28. The van der Waals surface area contributed by atoms with Crippen molar-refractivity contribution in [2.45, 2.75) is 32.5 Å². The standard InChI is InChI=1S/C27H25N5O2S/c1-17-13-21(18(2)31(17)15-19-8-11-28-12-9-19)26-25(22-5-3-4-10-29-22)30-27(35)32(26)20-6-7-23-24(14-20)34-16-33-23/h3-14,25-26H,15-16H2,1-2H3,(H,30,35)/t25-,26+/m1/s1. The lowest BCUT2D eigenvalue weighted by Crippen LogP contribution is -2.29. The lowest BCUT2D eigenvalue weighted by molar-refractivity contribution is 0.174. The molecule has 2 aliphatic heterocycles. The van der Waals surface area contributed by atoms with Gasteiger partial charge in [0.2, 0.25) is 6.79 Å². The highest BCUT2D eigenvalue weighted by molar-refractivity contribution is 7.80. The number of thiocarbonyl (C=S) groups is 1. The molecule has 1 N–H and O–H groups in total. The zero-order valence-electron chi connectivity index (χ0n) is 19.5. The van der Waals surface area contributed by atoms with Crippen LogP contribution in [-0.2, 0) is 6.54 Å². The number of pyridine rings is 2. The maximum Gasteiger partial charge on any atom is 0.231 e. The number of hydrogen-bond donors (Lipinski definition) is 1. The highest BCUT2D eigenvalue weighted by atomic mass is 32.1. The average Bonchev–Trinajstić information content (AvgIpc) is 3.56. The molecule has 7 nitrogen and oxygen atoms in total. The molecule has 1 saturated heterocycles. The van der Waals surface area contributed by atoms with Crippen LogP contribution < -0.4 is 19.7 Å². The minimum atomic E-state index is -0.107. The zero-order chi connectivity index (χ0) is 23.9. The minimum Gasteiger partial charge on any atom is -0.454 e. The largest absolute Gasteiger partial charge is 0.454 e. The molecule has 176 valence electrons. The topological polar surface area (TPSA) is 64.4 Å². The summed E-state index contributed by atoms with van der Waals surface area (Å²) in [6, 6.07) is 18.2. The van der Waals surface area contributed by atoms with Gasteiger partial charge in [0.05, 0.1) is 17.8 Å². The van der Waals surface area contributed by atoms with Gasteiger partial charge in [-0.2, -0.15) is 0 Å². The molecular weight excluding hydrogens is 458 g/mol. The van der Waals surface area contributed by atoms with E-state index in [0.717, 1.165) is 29.4 Å². The number of aromatic nitrogens is 3. The summed E-state index contributed by atoms with van der Waals surface area (Å²) in [6.07, 6.45) is 5.50. The second kappa shape index (κ2) is 8.70. The normalized spacial score (nSPS) is 18.7. The van der Waals surface area contributed by atoms with Gasteiger partial charge in [0, 0.05) is 48.3 Å². The van der Waals surface area contributed by atoms with E-state index in [2.05, 4.69) is 56.8 Å². The van der Waals surface area contributed by atoms with Gasteiger partial charge in [-0.3, -0.25) is 9.97 Å². The van der Waals surface area contributed by atoms with Gasteiger partial charge in [-0.05, 0) is 79.7 Å². The van der Waals surface area contributed by atoms with Gasteiger partial charge in [0.25, 0.3) is 0 Å². The number of anilines is 1. The van der Waals surface area contributed by atoms with E-state index in [4.69, 9.17) is 21.7 Å². The zero-order valence-corrected chi connectivity index (χ0v) is 20.3. The second-order valence-corrected chi connectivity index (χ2v) is 9.19. The highest BCUT2D eigenvalue weighted by Crippen LogP contribution is 2.45. The summed E-state index contributed by atoms with van der Waals surface area (Å²) in [6.45, 7) is 5.35. The molecule has 0 aliphatic carbocycles. The van der Waals surface area contributed by atoms with E-state index < -0.39 is 0 Å². The van der Waals surface area contributed by atoms with E-state index in [9.17, 15) is 0 Å². The van der Waals surface area contributed by atoms with Crippen molar-refractivity contribution in [2.75, 3.05) is 11.7 Å². The van der Waals surface area contributed by atoms with Crippen LogP contribution in [0, 0.1) is 13.8 Å². The molecule has 0 spiro atoms. The van der Waals surface area contributed by atoms with Crippen LogP contribution in [0.2, 0.25) is 0 Å². The van der Waals surface area contributed by atoms with E-state index in [-0.39, 0.29) is 18.9 Å². The first kappa shape index (κ1) is 21.6. The van der Waals surface area contributed by atoms with E-state index in [1.165, 1.54) is 22.5 Å². The van der Waals surface area contributed by atoms with Crippen molar-refractivity contribution in [1.29, 1.82) is 0 Å². The van der Waals surface area contributed by atoms with Crippen molar-refractivity contribution in [3.8, 4) is 11.5 Å². The third-order valence-electron chi connectivity index (χ3n) is 6.75. The summed E-state index contributed by atoms with van der Waals surface area (Å²) in [5, 5.41) is 4.20. The first-order chi connectivity index (χ1) is 17.1. The van der Waals surface area contributed by atoms with Gasteiger partial charge in [0.1, 0.15) is 0 Å². The summed E-state index contributed by atoms with van der Waals surface area (Å²) in [7, 11) is 0. The van der Waals surface area contributed by atoms with Crippen LogP contribution >= 0.6 is 12.2 Å². The van der Waals surface area contributed by atoms with Crippen LogP contribution in [0.4, 0.5) is 5.69 Å². The van der Waals surface area contributed by atoms with Crippen LogP contribution in [-0.4, -0.2) is 26.4 Å². The number of ether oxygens (including phenoxy) is 2. The molecule has 4 aromatic rings. The molecule has 3 aromatic heterocycles. The van der Waals surface area contributed by atoms with Gasteiger partial charge in [-0.1, -0.05) is 6.07 Å². The van der Waals surface area contributed by atoms with Crippen molar-refractivity contribution in [2.24, 2.45) is 0 Å². The number of rotatable bonds is 5. The quantitative estimate of drug-likeness (QED) is 0.407. The fraction of sp³-hybridized carbons (Fsp3) is 0.222. The Labute approximate surface area is 209 Å². The summed E-state index contributed by atoms with van der Waals surface area (Å²) >= 11 is 5.89. The molecule has 6 rings (SSSR count). The smallest absolute Gasteiger partial charge is 0.231 e. The first-order valence-corrected chi connectivity index (χ1v) is 12.0. The summed E-state index contributed by atoms with van der Waals surface area (Å²) in [5.41, 5.74) is 6.70. The average molecular weight is 484 g/mol. The molecule has 0 saturated carbocycles. The molecule has 0 unspecified atom stereocenters. The van der Waals surface area contributed by atoms with Crippen molar-refractivity contribution >= 4 is 23.0 Å². The van der Waals surface area contributed by atoms with Gasteiger partial charge in [0.15, 0.2) is 16.6 Å². The van der Waals surface area contributed by atoms with Crippen LogP contribution in [0.25, 0.3) is 0 Å². The number of fused-ring (bicyclic) bond motifs is 1. The number of nitrogens with one attached hydrogen (secondary N) is 1. The van der Waals surface area contributed by atoms with Gasteiger partial charge < -0.3 is 24.3 Å². The minimum absolute atomic E-state index is 0.0878. The van der Waals surface area contributed by atoms with Crippen molar-refractivity contribution < 1.29 is 9.47 Å². The molecular formula is C27H25N5O2S. The molecule has 1 fully saturated rings. The van der Waals surface area contributed by atoms with Gasteiger partial charge in [-0.15, -0.1) is 0 Å². The molecule has 2 aliphatic rings. The first-order valence-electron chi connectivity index (χ1n) is 11.6. The Hall–Kier alpha value is -3.91. The van der Waals surface area contributed by atoms with Crippen LogP contribution in [0.5, 0.6) is 11.5 Å². The van der Waals surface area contributed by atoms with E-state index in [1.807, 2.05) is 55.0 Å². The summed E-state index contributed by atoms with van der Waals surface area (Å²) < 4.78 is 13.5. The van der Waals surface area contributed by atoms with Crippen LogP contribution in [0.15, 0.2) is 73.2 Å². The molecule has 1 aromatic carbocycles. The lowest BCUT2D eigenvalue weighted by atomic mass is 9.96. The molecule has 5 heterocycles. The van der Waals surface area contributed by atoms with E-state index in [0.29, 0.717) is 5.11 Å². The number of nitrogens with zero attached hydrogens (tertiary/aromatic N) is 4.